The number of unbranched alkanes of at least 4 members (excludes halogenated alkanes) is 1. The first-order valence-electron chi connectivity index (χ1n) is 7.25. The molecule has 0 saturated carbocycles. The minimum Gasteiger partial charge on any atom is -0.469 e. The molecule has 1 aromatic heterocycles. The highest BCUT2D eigenvalue weighted by molar-refractivity contribution is 5.12. The molecule has 102 valence electrons. The van der Waals surface area contributed by atoms with Gasteiger partial charge in [-0.25, -0.2) is 0 Å². The lowest BCUT2D eigenvalue weighted by molar-refractivity contribution is 0.0372. The van der Waals surface area contributed by atoms with Gasteiger partial charge in [-0.15, -0.1) is 0 Å². The highest BCUT2D eigenvalue weighted by Crippen LogP contribution is 2.13. The van der Waals surface area contributed by atoms with Crippen LogP contribution >= 0.6 is 0 Å². The van der Waals surface area contributed by atoms with Gasteiger partial charge in [0, 0.05) is 19.5 Å². The summed E-state index contributed by atoms with van der Waals surface area (Å²) in [6.45, 7) is 7.41. The van der Waals surface area contributed by atoms with Crippen LogP contribution in [-0.2, 0) is 17.6 Å². The summed E-state index contributed by atoms with van der Waals surface area (Å²) in [5.74, 6) is 1.14. The zero-order valence-corrected chi connectivity index (χ0v) is 11.5. The number of aryl methyl sites for hydroxylation is 2. The molecule has 2 rings (SSSR count). The minimum atomic E-state index is 0.905. The second-order valence-corrected chi connectivity index (χ2v) is 5.08. The highest BCUT2D eigenvalue weighted by atomic mass is 16.5. The van der Waals surface area contributed by atoms with E-state index >= 15 is 0 Å². The maximum absolute atomic E-state index is 5.53. The van der Waals surface area contributed by atoms with Crippen molar-refractivity contribution in [2.24, 2.45) is 0 Å². The van der Waals surface area contributed by atoms with Crippen molar-refractivity contribution in [1.29, 1.82) is 0 Å². The third-order valence-corrected chi connectivity index (χ3v) is 3.50. The lowest BCUT2D eigenvalue weighted by atomic mass is 10.1. The SMILES string of the molecule is CCCc1cc(CCCCN2CCOCC2)co1. The number of nitrogens with zero attached hydrogens (tertiary/aromatic N) is 1. The van der Waals surface area contributed by atoms with E-state index < -0.39 is 0 Å². The van der Waals surface area contributed by atoms with Gasteiger partial charge in [-0.2, -0.15) is 0 Å². The normalized spacial score (nSPS) is 17.2. The van der Waals surface area contributed by atoms with Gasteiger partial charge in [0.15, 0.2) is 0 Å². The van der Waals surface area contributed by atoms with E-state index in [1.807, 2.05) is 6.26 Å². The highest BCUT2D eigenvalue weighted by Gasteiger charge is 2.09. The van der Waals surface area contributed by atoms with Gasteiger partial charge in [-0.05, 0) is 43.9 Å². The summed E-state index contributed by atoms with van der Waals surface area (Å²) in [4.78, 5) is 2.50. The third-order valence-electron chi connectivity index (χ3n) is 3.50. The molecule has 2 heterocycles. The Kier molecular flexibility index (Phi) is 5.75. The average molecular weight is 251 g/mol. The second kappa shape index (κ2) is 7.59. The van der Waals surface area contributed by atoms with Crippen LogP contribution in [0.1, 0.15) is 37.5 Å². The molecule has 0 amide bonds. The summed E-state index contributed by atoms with van der Waals surface area (Å²) < 4.78 is 10.9. The molecule has 0 bridgehead atoms. The minimum absolute atomic E-state index is 0.905. The van der Waals surface area contributed by atoms with Gasteiger partial charge in [0.1, 0.15) is 5.76 Å². The van der Waals surface area contributed by atoms with Crippen LogP contribution in [0.4, 0.5) is 0 Å². The average Bonchev–Trinajstić information content (AvgIpc) is 2.84. The van der Waals surface area contributed by atoms with Gasteiger partial charge in [0.05, 0.1) is 19.5 Å². The maximum Gasteiger partial charge on any atom is 0.104 e. The number of rotatable bonds is 7. The number of ether oxygens (including phenoxy) is 1. The standard InChI is InChI=1S/C15H25NO2/c1-2-5-15-12-14(13-18-15)6-3-4-7-16-8-10-17-11-9-16/h12-13H,2-11H2,1H3. The molecule has 0 spiro atoms. The van der Waals surface area contributed by atoms with Crippen LogP contribution in [-0.4, -0.2) is 37.7 Å². The van der Waals surface area contributed by atoms with Gasteiger partial charge in [0.25, 0.3) is 0 Å². The van der Waals surface area contributed by atoms with Crippen LogP contribution in [0.25, 0.3) is 0 Å². The second-order valence-electron chi connectivity index (χ2n) is 5.08. The van der Waals surface area contributed by atoms with E-state index in [4.69, 9.17) is 9.15 Å². The van der Waals surface area contributed by atoms with Crippen molar-refractivity contribution in [3.8, 4) is 0 Å². The number of hydrogen-bond acceptors (Lipinski definition) is 3. The molecular weight excluding hydrogens is 226 g/mol. The van der Waals surface area contributed by atoms with Gasteiger partial charge in [0.2, 0.25) is 0 Å². The quantitative estimate of drug-likeness (QED) is 0.697. The molecule has 1 fully saturated rings. The lowest BCUT2D eigenvalue weighted by Crippen LogP contribution is -2.36. The zero-order chi connectivity index (χ0) is 12.6. The van der Waals surface area contributed by atoms with E-state index in [-0.39, 0.29) is 0 Å². The van der Waals surface area contributed by atoms with E-state index in [2.05, 4.69) is 17.9 Å². The van der Waals surface area contributed by atoms with E-state index in [1.165, 1.54) is 24.9 Å². The molecule has 0 aromatic carbocycles. The largest absolute Gasteiger partial charge is 0.469 e. The molecule has 1 aromatic rings. The van der Waals surface area contributed by atoms with E-state index in [0.29, 0.717) is 0 Å². The topological polar surface area (TPSA) is 25.6 Å². The first-order chi connectivity index (χ1) is 8.88. The van der Waals surface area contributed by atoms with Gasteiger partial charge in [-0.3, -0.25) is 4.90 Å². The Hall–Kier alpha value is -0.800. The van der Waals surface area contributed by atoms with Crippen LogP contribution in [0.3, 0.4) is 0 Å². The van der Waals surface area contributed by atoms with E-state index in [0.717, 1.165) is 51.3 Å². The van der Waals surface area contributed by atoms with Gasteiger partial charge in [-0.1, -0.05) is 6.92 Å². The Bertz CT molecular complexity index is 329. The smallest absolute Gasteiger partial charge is 0.104 e. The fraction of sp³-hybridized carbons (Fsp3) is 0.733. The number of morpholine rings is 1. The molecule has 0 aliphatic carbocycles. The summed E-state index contributed by atoms with van der Waals surface area (Å²) in [6.07, 6.45) is 7.83. The Morgan fingerprint density at radius 1 is 1.17 bits per heavy atom. The predicted molar refractivity (Wildman–Crippen MR) is 72.9 cm³/mol. The fourth-order valence-electron chi connectivity index (χ4n) is 2.42. The monoisotopic (exact) mass is 251 g/mol. The van der Waals surface area contributed by atoms with E-state index in [1.54, 1.807) is 0 Å². The van der Waals surface area contributed by atoms with Crippen molar-refractivity contribution in [1.82, 2.24) is 4.90 Å². The molecule has 1 saturated heterocycles. The number of hydrogen-bond donors (Lipinski definition) is 0. The van der Waals surface area contributed by atoms with Crippen molar-refractivity contribution in [2.45, 2.75) is 39.0 Å². The summed E-state index contributed by atoms with van der Waals surface area (Å²) >= 11 is 0. The van der Waals surface area contributed by atoms with Crippen LogP contribution in [0.15, 0.2) is 16.7 Å². The molecule has 0 atom stereocenters. The summed E-state index contributed by atoms with van der Waals surface area (Å²) in [6, 6.07) is 2.22. The van der Waals surface area contributed by atoms with Crippen LogP contribution in [0.5, 0.6) is 0 Å². The Morgan fingerprint density at radius 2 is 2.00 bits per heavy atom. The fourth-order valence-corrected chi connectivity index (χ4v) is 2.42. The maximum atomic E-state index is 5.53. The van der Waals surface area contributed by atoms with E-state index in [9.17, 15) is 0 Å². The Morgan fingerprint density at radius 3 is 2.78 bits per heavy atom. The molecule has 0 unspecified atom stereocenters. The summed E-state index contributed by atoms with van der Waals surface area (Å²) in [5, 5.41) is 0. The molecule has 3 heteroatoms. The Labute approximate surface area is 110 Å². The van der Waals surface area contributed by atoms with Crippen LogP contribution in [0, 0.1) is 0 Å². The molecule has 1 aliphatic rings. The van der Waals surface area contributed by atoms with Crippen molar-refractivity contribution < 1.29 is 9.15 Å². The van der Waals surface area contributed by atoms with Crippen molar-refractivity contribution in [3.05, 3.63) is 23.7 Å². The van der Waals surface area contributed by atoms with Crippen LogP contribution < -0.4 is 0 Å². The summed E-state index contributed by atoms with van der Waals surface area (Å²) in [7, 11) is 0. The number of furan rings is 1. The zero-order valence-electron chi connectivity index (χ0n) is 11.5. The van der Waals surface area contributed by atoms with Crippen molar-refractivity contribution >= 4 is 0 Å². The van der Waals surface area contributed by atoms with Crippen molar-refractivity contribution in [3.63, 3.8) is 0 Å². The predicted octanol–water partition coefficient (Wildman–Crippen LogP) is 2.89. The van der Waals surface area contributed by atoms with Gasteiger partial charge >= 0.3 is 0 Å². The molecular formula is C15H25NO2. The first kappa shape index (κ1) is 13.6. The van der Waals surface area contributed by atoms with Crippen LogP contribution in [0.2, 0.25) is 0 Å². The molecule has 0 N–H and O–H groups in total. The molecule has 1 aliphatic heterocycles. The van der Waals surface area contributed by atoms with Gasteiger partial charge < -0.3 is 9.15 Å². The lowest BCUT2D eigenvalue weighted by Gasteiger charge is -2.26. The van der Waals surface area contributed by atoms with Crippen molar-refractivity contribution in [2.75, 3.05) is 32.8 Å². The molecule has 0 radical (unpaired) electrons. The third kappa shape index (κ3) is 4.46. The first-order valence-corrected chi connectivity index (χ1v) is 7.25. The molecule has 3 nitrogen and oxygen atoms in total. The Balaban J connectivity index is 1.59. The summed E-state index contributed by atoms with van der Waals surface area (Å²) in [5.41, 5.74) is 1.36. The molecule has 18 heavy (non-hydrogen) atoms.